The highest BCUT2D eigenvalue weighted by Gasteiger charge is 2.40. The van der Waals surface area contributed by atoms with Crippen LogP contribution in [0.3, 0.4) is 0 Å². The molecule has 0 aliphatic rings. The molecule has 0 heterocycles. The Hall–Kier alpha value is -3.40. The van der Waals surface area contributed by atoms with Gasteiger partial charge in [-0.3, -0.25) is 4.79 Å². The van der Waals surface area contributed by atoms with Gasteiger partial charge in [-0.25, -0.2) is 4.79 Å². The van der Waals surface area contributed by atoms with E-state index in [0.29, 0.717) is 16.9 Å². The molecule has 0 saturated heterocycles. The zero-order chi connectivity index (χ0) is 23.5. The molecular formula is C28H30O4. The monoisotopic (exact) mass is 430 g/mol. The van der Waals surface area contributed by atoms with Crippen molar-refractivity contribution in [2.24, 2.45) is 5.41 Å². The molecule has 0 saturated carbocycles. The third-order valence-corrected chi connectivity index (χ3v) is 6.34. The third kappa shape index (κ3) is 4.59. The third-order valence-electron chi connectivity index (χ3n) is 6.34. The molecule has 1 atom stereocenters. The molecule has 3 aromatic rings. The van der Waals surface area contributed by atoms with E-state index in [2.05, 4.69) is 39.8 Å². The van der Waals surface area contributed by atoms with Gasteiger partial charge in [-0.05, 0) is 59.9 Å². The number of carbonyl (C=O) groups is 2. The van der Waals surface area contributed by atoms with Crippen molar-refractivity contribution in [3.8, 4) is 11.5 Å². The Kier molecular flexibility index (Phi) is 6.54. The first kappa shape index (κ1) is 23.3. The zero-order valence-corrected chi connectivity index (χ0v) is 19.6. The summed E-state index contributed by atoms with van der Waals surface area (Å²) >= 11 is 0. The average Bonchev–Trinajstić information content (AvgIpc) is 2.78. The van der Waals surface area contributed by atoms with E-state index in [-0.39, 0.29) is 16.6 Å². The van der Waals surface area contributed by atoms with Crippen molar-refractivity contribution >= 4 is 11.8 Å². The van der Waals surface area contributed by atoms with E-state index in [0.717, 1.165) is 11.3 Å². The maximum atomic E-state index is 12.5. The minimum Gasteiger partial charge on any atom is -0.497 e. The lowest BCUT2D eigenvalue weighted by Gasteiger charge is -2.43. The smallest absolute Gasteiger partial charge is 0.343 e. The first-order valence-corrected chi connectivity index (χ1v) is 10.6. The molecule has 0 aliphatic heterocycles. The molecule has 4 heteroatoms. The van der Waals surface area contributed by atoms with Crippen molar-refractivity contribution < 1.29 is 19.1 Å². The second-order valence-corrected chi connectivity index (χ2v) is 9.15. The lowest BCUT2D eigenvalue weighted by Crippen LogP contribution is -2.38. The van der Waals surface area contributed by atoms with Crippen molar-refractivity contribution in [2.45, 2.75) is 40.0 Å². The summed E-state index contributed by atoms with van der Waals surface area (Å²) in [5, 5.41) is 0. The maximum Gasteiger partial charge on any atom is 0.343 e. The normalized spacial score (nSPS) is 13.2. The van der Waals surface area contributed by atoms with Gasteiger partial charge < -0.3 is 9.47 Å². The number of hydrogen-bond donors (Lipinski definition) is 0. The summed E-state index contributed by atoms with van der Waals surface area (Å²) in [5.74, 6) is 0.796. The lowest BCUT2D eigenvalue weighted by atomic mass is 9.60. The number of carbonyl (C=O) groups excluding carboxylic acids is 2. The largest absolute Gasteiger partial charge is 0.497 e. The zero-order valence-electron chi connectivity index (χ0n) is 19.6. The standard InChI is InChI=1S/C28H30O4/c1-19(29)20-7-9-21(10-8-20)26(30)32-25-17-13-23(14-18-25)28(5,27(2,3)4)22-11-15-24(31-6)16-12-22/h7-18H,1-6H3. The van der Waals surface area contributed by atoms with Crippen molar-refractivity contribution in [1.29, 1.82) is 0 Å². The number of esters is 1. The summed E-state index contributed by atoms with van der Waals surface area (Å²) in [6.07, 6.45) is 0. The molecule has 4 nitrogen and oxygen atoms in total. The highest BCUT2D eigenvalue weighted by atomic mass is 16.5. The lowest BCUT2D eigenvalue weighted by molar-refractivity contribution is 0.0734. The maximum absolute atomic E-state index is 12.5. The van der Waals surface area contributed by atoms with Gasteiger partial charge in [-0.1, -0.05) is 64.1 Å². The van der Waals surface area contributed by atoms with Gasteiger partial charge in [0, 0.05) is 11.0 Å². The summed E-state index contributed by atoms with van der Waals surface area (Å²) in [6, 6.07) is 22.3. The number of ketones is 1. The van der Waals surface area contributed by atoms with Crippen LogP contribution in [-0.4, -0.2) is 18.9 Å². The molecule has 3 aromatic carbocycles. The van der Waals surface area contributed by atoms with Crippen molar-refractivity contribution in [3.05, 3.63) is 95.1 Å². The minimum atomic E-state index is -0.457. The average molecular weight is 431 g/mol. The Bertz CT molecular complexity index is 1090. The van der Waals surface area contributed by atoms with Crippen LogP contribution in [-0.2, 0) is 5.41 Å². The number of Topliss-reactive ketones (excluding diaryl/α,β-unsaturated/α-hetero) is 1. The quantitative estimate of drug-likeness (QED) is 0.255. The Balaban J connectivity index is 1.85. The Labute approximate surface area is 190 Å². The van der Waals surface area contributed by atoms with E-state index in [4.69, 9.17) is 9.47 Å². The molecule has 0 aromatic heterocycles. The van der Waals surface area contributed by atoms with E-state index < -0.39 is 5.97 Å². The minimum absolute atomic E-state index is 0.0423. The van der Waals surface area contributed by atoms with Crippen LogP contribution in [0.1, 0.15) is 66.5 Å². The molecule has 0 radical (unpaired) electrons. The summed E-state index contributed by atoms with van der Waals surface area (Å²) in [7, 11) is 1.66. The van der Waals surface area contributed by atoms with Crippen LogP contribution in [0.5, 0.6) is 11.5 Å². The Morgan fingerprint density at radius 1 is 0.656 bits per heavy atom. The summed E-state index contributed by atoms with van der Waals surface area (Å²) in [6.45, 7) is 10.4. The second kappa shape index (κ2) is 8.99. The predicted octanol–water partition coefficient (Wildman–Crippen LogP) is 6.47. The molecule has 0 amide bonds. The van der Waals surface area contributed by atoms with Crippen LogP contribution >= 0.6 is 0 Å². The van der Waals surface area contributed by atoms with E-state index in [9.17, 15) is 9.59 Å². The summed E-state index contributed by atoms with van der Waals surface area (Å²) in [5.41, 5.74) is 2.92. The van der Waals surface area contributed by atoms with Crippen LogP contribution in [0.2, 0.25) is 0 Å². The molecule has 0 fully saturated rings. The van der Waals surface area contributed by atoms with Gasteiger partial charge in [0.25, 0.3) is 0 Å². The summed E-state index contributed by atoms with van der Waals surface area (Å²) in [4.78, 5) is 23.9. The predicted molar refractivity (Wildman–Crippen MR) is 127 cm³/mol. The van der Waals surface area contributed by atoms with E-state index >= 15 is 0 Å². The van der Waals surface area contributed by atoms with Gasteiger partial charge in [0.1, 0.15) is 11.5 Å². The van der Waals surface area contributed by atoms with Gasteiger partial charge in [0.15, 0.2) is 5.78 Å². The molecule has 0 spiro atoms. The van der Waals surface area contributed by atoms with Gasteiger partial charge in [-0.15, -0.1) is 0 Å². The number of hydrogen-bond acceptors (Lipinski definition) is 4. The second-order valence-electron chi connectivity index (χ2n) is 9.15. The van der Waals surface area contributed by atoms with E-state index in [1.54, 1.807) is 31.4 Å². The molecule has 3 rings (SSSR count). The number of ether oxygens (including phenoxy) is 2. The Morgan fingerprint density at radius 3 is 1.50 bits per heavy atom. The van der Waals surface area contributed by atoms with Gasteiger partial charge in [-0.2, -0.15) is 0 Å². The SMILES string of the molecule is COc1ccc(C(C)(c2ccc(OC(=O)c3ccc(C(C)=O)cc3)cc2)C(C)(C)C)cc1. The topological polar surface area (TPSA) is 52.6 Å². The fourth-order valence-corrected chi connectivity index (χ4v) is 3.82. The molecular weight excluding hydrogens is 400 g/mol. The van der Waals surface area contributed by atoms with E-state index in [1.165, 1.54) is 12.5 Å². The van der Waals surface area contributed by atoms with Gasteiger partial charge in [0.05, 0.1) is 12.7 Å². The van der Waals surface area contributed by atoms with Crippen molar-refractivity contribution in [1.82, 2.24) is 0 Å². The van der Waals surface area contributed by atoms with Crippen molar-refractivity contribution in [3.63, 3.8) is 0 Å². The first-order chi connectivity index (χ1) is 15.1. The fourth-order valence-electron chi connectivity index (χ4n) is 3.82. The summed E-state index contributed by atoms with van der Waals surface area (Å²) < 4.78 is 10.9. The van der Waals surface area contributed by atoms with Gasteiger partial charge in [0.2, 0.25) is 0 Å². The molecule has 0 bridgehead atoms. The molecule has 0 N–H and O–H groups in total. The highest BCUT2D eigenvalue weighted by molar-refractivity contribution is 5.96. The van der Waals surface area contributed by atoms with Crippen LogP contribution < -0.4 is 9.47 Å². The van der Waals surface area contributed by atoms with E-state index in [1.807, 2.05) is 36.4 Å². The Morgan fingerprint density at radius 2 is 1.09 bits per heavy atom. The number of benzene rings is 3. The highest BCUT2D eigenvalue weighted by Crippen LogP contribution is 2.47. The van der Waals surface area contributed by atoms with Crippen LogP contribution in [0.4, 0.5) is 0 Å². The number of methoxy groups -OCH3 is 1. The van der Waals surface area contributed by atoms with Crippen molar-refractivity contribution in [2.75, 3.05) is 7.11 Å². The molecule has 1 unspecified atom stereocenters. The van der Waals surface area contributed by atoms with Crippen LogP contribution in [0, 0.1) is 5.41 Å². The molecule has 0 aliphatic carbocycles. The number of rotatable bonds is 6. The fraction of sp³-hybridized carbons (Fsp3) is 0.286. The molecule has 166 valence electrons. The van der Waals surface area contributed by atoms with Gasteiger partial charge >= 0.3 is 5.97 Å². The van der Waals surface area contributed by atoms with Crippen LogP contribution in [0.25, 0.3) is 0 Å². The first-order valence-electron chi connectivity index (χ1n) is 10.6. The molecule has 32 heavy (non-hydrogen) atoms. The van der Waals surface area contributed by atoms with Crippen LogP contribution in [0.15, 0.2) is 72.8 Å².